The second kappa shape index (κ2) is 9.12. The van der Waals surface area contributed by atoms with Crippen LogP contribution in [0.3, 0.4) is 0 Å². The average molecular weight is 500 g/mol. The predicted molar refractivity (Wildman–Crippen MR) is 136 cm³/mol. The minimum absolute atomic E-state index is 0.0197. The van der Waals surface area contributed by atoms with Crippen LogP contribution in [0.25, 0.3) is 16.9 Å². The van der Waals surface area contributed by atoms with Gasteiger partial charge < -0.3 is 10.0 Å². The number of phenols is 1. The van der Waals surface area contributed by atoms with Gasteiger partial charge in [0.2, 0.25) is 0 Å². The Labute approximate surface area is 212 Å². The van der Waals surface area contributed by atoms with Crippen molar-refractivity contribution in [2.24, 2.45) is 5.41 Å². The number of likely N-dealkylation sites (tertiary alicyclic amines) is 1. The number of amides is 1. The van der Waals surface area contributed by atoms with Crippen molar-refractivity contribution >= 4 is 23.0 Å². The van der Waals surface area contributed by atoms with Gasteiger partial charge in [-0.05, 0) is 36.5 Å². The number of fused-ring (bicyclic) bond motifs is 1. The van der Waals surface area contributed by atoms with Gasteiger partial charge in [-0.3, -0.25) is 19.7 Å². The number of benzene rings is 2. The van der Waals surface area contributed by atoms with E-state index in [1.165, 1.54) is 16.9 Å². The van der Waals surface area contributed by atoms with Crippen molar-refractivity contribution in [2.45, 2.75) is 26.7 Å². The van der Waals surface area contributed by atoms with Gasteiger partial charge in [-0.1, -0.05) is 26.0 Å². The molecule has 0 aliphatic carbocycles. The van der Waals surface area contributed by atoms with Gasteiger partial charge in [0.1, 0.15) is 5.75 Å². The minimum atomic E-state index is -0.635. The molecule has 0 bridgehead atoms. The number of rotatable bonds is 5. The van der Waals surface area contributed by atoms with Gasteiger partial charge in [-0.2, -0.15) is 5.10 Å². The van der Waals surface area contributed by atoms with Crippen LogP contribution >= 0.6 is 0 Å². The molecule has 1 aliphatic rings. The zero-order chi connectivity index (χ0) is 26.3. The van der Waals surface area contributed by atoms with Crippen molar-refractivity contribution in [1.29, 1.82) is 0 Å². The van der Waals surface area contributed by atoms with E-state index < -0.39 is 10.7 Å². The molecule has 5 rings (SSSR count). The van der Waals surface area contributed by atoms with Crippen molar-refractivity contribution in [1.82, 2.24) is 19.5 Å². The van der Waals surface area contributed by atoms with E-state index in [2.05, 4.69) is 23.9 Å². The van der Waals surface area contributed by atoms with E-state index in [0.29, 0.717) is 16.9 Å². The Kier molecular flexibility index (Phi) is 5.94. The second-order valence-corrected chi connectivity index (χ2v) is 10.00. The smallest absolute Gasteiger partial charge is 0.270 e. The first-order valence-corrected chi connectivity index (χ1v) is 11.9. The first kappa shape index (κ1) is 24.1. The Morgan fingerprint density at radius 1 is 1.03 bits per heavy atom. The van der Waals surface area contributed by atoms with E-state index >= 15 is 0 Å². The van der Waals surface area contributed by atoms with Crippen LogP contribution in [0.5, 0.6) is 5.75 Å². The lowest BCUT2D eigenvalue weighted by Gasteiger charge is -2.37. The summed E-state index contributed by atoms with van der Waals surface area (Å²) in [5.41, 5.74) is 2.38. The molecule has 0 saturated carbocycles. The normalized spacial score (nSPS) is 15.0. The number of carbonyl (C=O) groups is 2. The van der Waals surface area contributed by atoms with Gasteiger partial charge in [0.05, 0.1) is 21.7 Å². The summed E-state index contributed by atoms with van der Waals surface area (Å²) in [4.78, 5) is 42.4. The summed E-state index contributed by atoms with van der Waals surface area (Å²) in [7, 11) is 0. The van der Waals surface area contributed by atoms with Crippen LogP contribution in [0.1, 0.15) is 53.0 Å². The van der Waals surface area contributed by atoms with E-state index in [4.69, 9.17) is 0 Å². The number of nitrogens with zero attached hydrogens (tertiary/aromatic N) is 5. The molecule has 0 unspecified atom stereocenters. The Morgan fingerprint density at radius 2 is 1.73 bits per heavy atom. The van der Waals surface area contributed by atoms with Crippen molar-refractivity contribution in [3.8, 4) is 17.0 Å². The van der Waals surface area contributed by atoms with E-state index in [0.717, 1.165) is 49.7 Å². The van der Waals surface area contributed by atoms with Crippen molar-refractivity contribution in [2.75, 3.05) is 13.1 Å². The molecule has 4 aromatic rings. The molecule has 1 aliphatic heterocycles. The predicted octanol–water partition coefficient (Wildman–Crippen LogP) is 4.50. The van der Waals surface area contributed by atoms with Crippen LogP contribution in [0.4, 0.5) is 5.69 Å². The van der Waals surface area contributed by atoms with Gasteiger partial charge in [0, 0.05) is 54.8 Å². The summed E-state index contributed by atoms with van der Waals surface area (Å²) < 4.78 is 1.44. The number of hydrogen-bond acceptors (Lipinski definition) is 7. The SMILES string of the molecule is CC1(C)CCN(C(=O)c2ccc(-c3cc4ncc(C(=O)c5cc([N+](=O)[O-])ccc5O)cn4n3)cc2)CC1. The van der Waals surface area contributed by atoms with Crippen LogP contribution in [0, 0.1) is 15.5 Å². The fraction of sp³-hybridized carbons (Fsp3) is 0.259. The summed E-state index contributed by atoms with van der Waals surface area (Å²) in [6.07, 6.45) is 4.76. The lowest BCUT2D eigenvalue weighted by Crippen LogP contribution is -2.41. The van der Waals surface area contributed by atoms with E-state index in [1.807, 2.05) is 17.0 Å². The lowest BCUT2D eigenvalue weighted by atomic mass is 9.82. The molecule has 1 N–H and O–H groups in total. The molecule has 0 spiro atoms. The van der Waals surface area contributed by atoms with Crippen LogP contribution in [-0.2, 0) is 0 Å². The highest BCUT2D eigenvalue weighted by Gasteiger charge is 2.28. The van der Waals surface area contributed by atoms with Gasteiger partial charge in [0.25, 0.3) is 11.6 Å². The number of nitro benzene ring substituents is 1. The number of phenolic OH excluding ortho intramolecular Hbond substituents is 1. The highest BCUT2D eigenvalue weighted by atomic mass is 16.6. The third-order valence-corrected chi connectivity index (χ3v) is 6.84. The number of nitro groups is 1. The van der Waals surface area contributed by atoms with Gasteiger partial charge >= 0.3 is 0 Å². The van der Waals surface area contributed by atoms with Gasteiger partial charge in [0.15, 0.2) is 11.4 Å². The molecule has 1 fully saturated rings. The number of hydrogen-bond donors (Lipinski definition) is 1. The standard InChI is InChI=1S/C27H25N5O5/c1-27(2)9-11-30(12-10-27)26(35)18-5-3-17(4-6-18)22-14-24-28-15-19(16-31(24)29-22)25(34)21-13-20(32(36)37)7-8-23(21)33/h3-8,13-16,33H,9-12H2,1-2H3. The molecule has 10 nitrogen and oxygen atoms in total. The third kappa shape index (κ3) is 4.77. The van der Waals surface area contributed by atoms with E-state index in [-0.39, 0.29) is 33.9 Å². The monoisotopic (exact) mass is 499 g/mol. The average Bonchev–Trinajstić information content (AvgIpc) is 3.31. The molecule has 1 amide bonds. The fourth-order valence-electron chi connectivity index (χ4n) is 4.39. The van der Waals surface area contributed by atoms with E-state index in [1.54, 1.807) is 18.2 Å². The summed E-state index contributed by atoms with van der Waals surface area (Å²) in [5.74, 6) is -0.956. The molecule has 188 valence electrons. The number of carbonyl (C=O) groups excluding carboxylic acids is 2. The number of aromatic hydroxyl groups is 1. The van der Waals surface area contributed by atoms with Crippen LogP contribution < -0.4 is 0 Å². The molecule has 2 aromatic carbocycles. The Bertz CT molecular complexity index is 1530. The number of aromatic nitrogens is 3. The Hall–Kier alpha value is -4.60. The van der Waals surface area contributed by atoms with E-state index in [9.17, 15) is 24.8 Å². The highest BCUT2D eigenvalue weighted by molar-refractivity contribution is 6.10. The first-order valence-electron chi connectivity index (χ1n) is 11.9. The second-order valence-electron chi connectivity index (χ2n) is 10.00. The zero-order valence-electron chi connectivity index (χ0n) is 20.4. The molecular weight excluding hydrogens is 474 g/mol. The lowest BCUT2D eigenvalue weighted by molar-refractivity contribution is -0.384. The maximum atomic E-state index is 12.9. The topological polar surface area (TPSA) is 131 Å². The Morgan fingerprint density at radius 3 is 2.41 bits per heavy atom. The summed E-state index contributed by atoms with van der Waals surface area (Å²) in [6.45, 7) is 5.95. The van der Waals surface area contributed by atoms with Crippen LogP contribution in [-0.4, -0.2) is 54.3 Å². The fourth-order valence-corrected chi connectivity index (χ4v) is 4.39. The molecular formula is C27H25N5O5. The van der Waals surface area contributed by atoms with Crippen molar-refractivity contribution in [3.05, 3.63) is 87.7 Å². The summed E-state index contributed by atoms with van der Waals surface area (Å²) >= 11 is 0. The molecule has 0 atom stereocenters. The summed E-state index contributed by atoms with van der Waals surface area (Å²) in [6, 6.07) is 12.3. The highest BCUT2D eigenvalue weighted by Crippen LogP contribution is 2.31. The number of non-ortho nitro benzene ring substituents is 1. The largest absolute Gasteiger partial charge is 0.507 e. The van der Waals surface area contributed by atoms with Crippen molar-refractivity contribution in [3.63, 3.8) is 0 Å². The zero-order valence-corrected chi connectivity index (χ0v) is 20.4. The van der Waals surface area contributed by atoms with Crippen LogP contribution in [0.2, 0.25) is 0 Å². The molecule has 1 saturated heterocycles. The third-order valence-electron chi connectivity index (χ3n) is 6.84. The van der Waals surface area contributed by atoms with Crippen LogP contribution in [0.15, 0.2) is 60.9 Å². The Balaban J connectivity index is 1.37. The maximum Gasteiger partial charge on any atom is 0.270 e. The quantitative estimate of drug-likeness (QED) is 0.243. The molecule has 2 aromatic heterocycles. The molecule has 10 heteroatoms. The first-order chi connectivity index (χ1) is 17.6. The molecule has 3 heterocycles. The van der Waals surface area contributed by atoms with Crippen molar-refractivity contribution < 1.29 is 19.6 Å². The van der Waals surface area contributed by atoms with Gasteiger partial charge in [-0.15, -0.1) is 0 Å². The number of piperidine rings is 1. The van der Waals surface area contributed by atoms with Gasteiger partial charge in [-0.25, -0.2) is 9.50 Å². The molecule has 37 heavy (non-hydrogen) atoms. The maximum absolute atomic E-state index is 12.9. The minimum Gasteiger partial charge on any atom is -0.507 e. The number of ketones is 1. The summed E-state index contributed by atoms with van der Waals surface area (Å²) in [5, 5.41) is 25.6. The molecule has 0 radical (unpaired) electrons.